The smallest absolute Gasteiger partial charge is 0.240 e. The molecule has 0 unspecified atom stereocenters. The highest BCUT2D eigenvalue weighted by Gasteiger charge is 2.41. The van der Waals surface area contributed by atoms with Crippen LogP contribution in [0, 0.1) is 5.41 Å². The molecule has 1 N–H and O–H groups in total. The molecule has 0 saturated heterocycles. The number of ether oxygens (including phenoxy) is 1. The number of hydrogen-bond acceptors (Lipinski definition) is 3. The molecule has 6 heteroatoms. The summed E-state index contributed by atoms with van der Waals surface area (Å²) < 4.78 is 32.8. The Hall–Kier alpha value is -0.590. The maximum absolute atomic E-state index is 12.2. The Kier molecular flexibility index (Phi) is 4.23. The molecule has 1 aromatic rings. The van der Waals surface area contributed by atoms with E-state index >= 15 is 0 Å². The lowest BCUT2D eigenvalue weighted by Crippen LogP contribution is -2.30. The van der Waals surface area contributed by atoms with E-state index in [4.69, 9.17) is 4.74 Å². The maximum atomic E-state index is 12.2. The predicted molar refractivity (Wildman–Crippen MR) is 77.8 cm³/mol. The third-order valence-corrected chi connectivity index (χ3v) is 5.80. The summed E-state index contributed by atoms with van der Waals surface area (Å²) in [5.74, 6) is 0.617. The van der Waals surface area contributed by atoms with Gasteiger partial charge in [0.1, 0.15) is 5.75 Å². The van der Waals surface area contributed by atoms with Crippen molar-refractivity contribution in [1.29, 1.82) is 0 Å². The summed E-state index contributed by atoms with van der Waals surface area (Å²) in [6.45, 7) is 2.63. The fourth-order valence-corrected chi connectivity index (χ4v) is 3.85. The standard InChI is InChI=1S/C13H18BrNO3S/c1-3-13(6-7-13)9-15-19(16,17)10-4-5-12(18-2)11(14)8-10/h4-5,8,15H,3,6-7,9H2,1-2H3. The van der Waals surface area contributed by atoms with E-state index < -0.39 is 10.0 Å². The molecule has 0 aromatic heterocycles. The molecule has 4 nitrogen and oxygen atoms in total. The molecule has 0 heterocycles. The van der Waals surface area contributed by atoms with Crippen LogP contribution in [-0.4, -0.2) is 22.1 Å². The van der Waals surface area contributed by atoms with E-state index in [1.165, 1.54) is 0 Å². The Morgan fingerprint density at radius 3 is 2.58 bits per heavy atom. The van der Waals surface area contributed by atoms with Gasteiger partial charge in [0.2, 0.25) is 10.0 Å². The third-order valence-electron chi connectivity index (χ3n) is 3.78. The number of sulfonamides is 1. The van der Waals surface area contributed by atoms with Crippen LogP contribution < -0.4 is 9.46 Å². The highest BCUT2D eigenvalue weighted by molar-refractivity contribution is 9.10. The second kappa shape index (κ2) is 5.42. The van der Waals surface area contributed by atoms with Crippen LogP contribution in [0.15, 0.2) is 27.6 Å². The molecule has 1 aliphatic carbocycles. The van der Waals surface area contributed by atoms with Crippen LogP contribution in [0.1, 0.15) is 26.2 Å². The second-order valence-electron chi connectivity index (χ2n) is 4.97. The minimum absolute atomic E-state index is 0.191. The van der Waals surface area contributed by atoms with Crippen molar-refractivity contribution in [2.24, 2.45) is 5.41 Å². The van der Waals surface area contributed by atoms with Gasteiger partial charge in [0.05, 0.1) is 16.5 Å². The number of benzene rings is 1. The summed E-state index contributed by atoms with van der Waals surface area (Å²) in [6.07, 6.45) is 3.23. The van der Waals surface area contributed by atoms with Crippen LogP contribution in [0.4, 0.5) is 0 Å². The van der Waals surface area contributed by atoms with Gasteiger partial charge in [0.25, 0.3) is 0 Å². The van der Waals surface area contributed by atoms with Crippen molar-refractivity contribution in [2.45, 2.75) is 31.1 Å². The maximum Gasteiger partial charge on any atom is 0.240 e. The Balaban J connectivity index is 2.13. The molecule has 1 fully saturated rings. The average molecular weight is 348 g/mol. The largest absolute Gasteiger partial charge is 0.496 e. The molecule has 0 atom stereocenters. The SMILES string of the molecule is CCC1(CNS(=O)(=O)c2ccc(OC)c(Br)c2)CC1. The molecule has 0 amide bonds. The summed E-state index contributed by atoms with van der Waals surface area (Å²) in [5.41, 5.74) is 0.191. The lowest BCUT2D eigenvalue weighted by Gasteiger charge is -2.14. The minimum Gasteiger partial charge on any atom is -0.496 e. The van der Waals surface area contributed by atoms with Gasteiger partial charge in [0, 0.05) is 6.54 Å². The van der Waals surface area contributed by atoms with Gasteiger partial charge in [-0.25, -0.2) is 13.1 Å². The predicted octanol–water partition coefficient (Wildman–Crippen LogP) is 2.93. The molecule has 19 heavy (non-hydrogen) atoms. The quantitative estimate of drug-likeness (QED) is 0.860. The van der Waals surface area contributed by atoms with Gasteiger partial charge in [-0.05, 0) is 58.8 Å². The van der Waals surface area contributed by atoms with Crippen LogP contribution in [0.5, 0.6) is 5.75 Å². The van der Waals surface area contributed by atoms with E-state index in [0.717, 1.165) is 19.3 Å². The summed E-state index contributed by atoms with van der Waals surface area (Å²) in [7, 11) is -1.90. The summed E-state index contributed by atoms with van der Waals surface area (Å²) in [4.78, 5) is 0.257. The van der Waals surface area contributed by atoms with Crippen molar-refractivity contribution in [1.82, 2.24) is 4.72 Å². The molecule has 0 bridgehead atoms. The van der Waals surface area contributed by atoms with E-state index in [1.54, 1.807) is 25.3 Å². The monoisotopic (exact) mass is 347 g/mol. The Morgan fingerprint density at radius 1 is 1.42 bits per heavy atom. The van der Waals surface area contributed by atoms with Crippen LogP contribution in [0.25, 0.3) is 0 Å². The first-order valence-corrected chi connectivity index (χ1v) is 8.53. The average Bonchev–Trinajstić information content (AvgIpc) is 3.17. The number of methoxy groups -OCH3 is 1. The first kappa shape index (κ1) is 14.8. The van der Waals surface area contributed by atoms with Crippen molar-refractivity contribution >= 4 is 26.0 Å². The summed E-state index contributed by atoms with van der Waals surface area (Å²) in [6, 6.07) is 4.76. The number of hydrogen-bond donors (Lipinski definition) is 1. The van der Waals surface area contributed by atoms with Gasteiger partial charge in [-0.2, -0.15) is 0 Å². The fraction of sp³-hybridized carbons (Fsp3) is 0.538. The Bertz CT molecular complexity index is 567. The van der Waals surface area contributed by atoms with Crippen LogP contribution >= 0.6 is 15.9 Å². The van der Waals surface area contributed by atoms with Crippen molar-refractivity contribution in [3.8, 4) is 5.75 Å². The summed E-state index contributed by atoms with van der Waals surface area (Å²) in [5, 5.41) is 0. The van der Waals surface area contributed by atoms with Crippen LogP contribution in [0.2, 0.25) is 0 Å². The Morgan fingerprint density at radius 2 is 2.11 bits per heavy atom. The van der Waals surface area contributed by atoms with Gasteiger partial charge < -0.3 is 4.74 Å². The van der Waals surface area contributed by atoms with E-state index in [2.05, 4.69) is 27.6 Å². The van der Waals surface area contributed by atoms with Crippen molar-refractivity contribution in [3.05, 3.63) is 22.7 Å². The second-order valence-corrected chi connectivity index (χ2v) is 7.60. The van der Waals surface area contributed by atoms with Crippen molar-refractivity contribution in [2.75, 3.05) is 13.7 Å². The summed E-state index contributed by atoms with van der Waals surface area (Å²) >= 11 is 3.30. The van der Waals surface area contributed by atoms with E-state index in [0.29, 0.717) is 16.8 Å². The first-order valence-electron chi connectivity index (χ1n) is 6.26. The van der Waals surface area contributed by atoms with E-state index in [1.807, 2.05) is 0 Å². The molecule has 1 aliphatic rings. The van der Waals surface area contributed by atoms with Gasteiger partial charge in [0.15, 0.2) is 0 Å². The first-order chi connectivity index (χ1) is 8.92. The Labute approximate surface area is 122 Å². The van der Waals surface area contributed by atoms with E-state index in [-0.39, 0.29) is 10.3 Å². The topological polar surface area (TPSA) is 55.4 Å². The normalized spacial score (nSPS) is 17.2. The van der Waals surface area contributed by atoms with Crippen molar-refractivity contribution in [3.63, 3.8) is 0 Å². The highest BCUT2D eigenvalue weighted by atomic mass is 79.9. The molecule has 0 radical (unpaired) electrons. The number of rotatable bonds is 6. The zero-order valence-corrected chi connectivity index (χ0v) is 13.5. The van der Waals surface area contributed by atoms with Crippen molar-refractivity contribution < 1.29 is 13.2 Å². The van der Waals surface area contributed by atoms with Gasteiger partial charge >= 0.3 is 0 Å². The molecular formula is C13H18BrNO3S. The molecular weight excluding hydrogens is 330 g/mol. The van der Waals surface area contributed by atoms with Gasteiger partial charge in [-0.15, -0.1) is 0 Å². The minimum atomic E-state index is -3.45. The fourth-order valence-electron chi connectivity index (χ4n) is 1.98. The molecule has 1 saturated carbocycles. The zero-order chi connectivity index (χ0) is 14.1. The molecule has 106 valence electrons. The lowest BCUT2D eigenvalue weighted by molar-refractivity contribution is 0.411. The molecule has 1 aromatic carbocycles. The van der Waals surface area contributed by atoms with Crippen LogP contribution in [0.3, 0.4) is 0 Å². The molecule has 2 rings (SSSR count). The van der Waals surface area contributed by atoms with Gasteiger partial charge in [-0.1, -0.05) is 6.92 Å². The number of nitrogens with one attached hydrogen (secondary N) is 1. The van der Waals surface area contributed by atoms with Crippen LogP contribution in [-0.2, 0) is 10.0 Å². The third kappa shape index (κ3) is 3.30. The van der Waals surface area contributed by atoms with E-state index in [9.17, 15) is 8.42 Å². The highest BCUT2D eigenvalue weighted by Crippen LogP contribution is 2.48. The molecule has 0 spiro atoms. The van der Waals surface area contributed by atoms with Gasteiger partial charge in [-0.3, -0.25) is 0 Å². The zero-order valence-electron chi connectivity index (χ0n) is 11.1. The number of halogens is 1. The molecule has 0 aliphatic heterocycles. The lowest BCUT2D eigenvalue weighted by atomic mass is 10.1.